The highest BCUT2D eigenvalue weighted by Gasteiger charge is 2.23. The second-order valence-electron chi connectivity index (χ2n) is 17.9. The van der Waals surface area contributed by atoms with E-state index in [1.165, 1.54) is 199 Å². The van der Waals surface area contributed by atoms with Crippen molar-refractivity contribution in [3.05, 3.63) is 12.2 Å². The van der Waals surface area contributed by atoms with Crippen LogP contribution in [0.2, 0.25) is 0 Å². The third-order valence-corrected chi connectivity index (χ3v) is 12.7. The molecule has 0 heterocycles. The Kier molecular flexibility index (Phi) is 47.2. The molecular weight excluding hydrogens is 786 g/mol. The SMILES string of the molecule is CCCCCCCCC/C=C\CCCCCCCC(=O)NCCOP(=O)(O)OCC(O)COC(=O)CCCCCCCCCCCCCCCCCCCCCCCCCC. The van der Waals surface area contributed by atoms with Crippen LogP contribution in [0.5, 0.6) is 0 Å². The standard InChI is InChI=1S/C51H100NO8P/c1-3-5-7-9-11-13-15-17-19-21-22-23-24-25-26-27-28-30-32-34-36-38-40-42-44-51(55)58-47-49(53)48-60-61(56,57)59-46-45-52-50(54)43-41-39-37-35-33-31-29-20-18-16-14-12-10-8-6-4-2/h20,29,49,53H,3-19,21-28,30-48H2,1-2H3,(H,52,54)(H,56,57)/b29-20-. The number of esters is 1. The van der Waals surface area contributed by atoms with Gasteiger partial charge in [0.25, 0.3) is 0 Å². The van der Waals surface area contributed by atoms with Crippen LogP contribution in [0.3, 0.4) is 0 Å². The molecule has 0 aliphatic carbocycles. The molecule has 9 nitrogen and oxygen atoms in total. The molecule has 362 valence electrons. The lowest BCUT2D eigenvalue weighted by molar-refractivity contribution is -0.147. The molecule has 0 radical (unpaired) electrons. The van der Waals surface area contributed by atoms with Gasteiger partial charge in [0.1, 0.15) is 12.7 Å². The molecule has 0 aliphatic rings. The highest BCUT2D eigenvalue weighted by Crippen LogP contribution is 2.42. The van der Waals surface area contributed by atoms with Gasteiger partial charge in [0.2, 0.25) is 5.91 Å². The van der Waals surface area contributed by atoms with Crippen molar-refractivity contribution in [2.45, 2.75) is 277 Å². The summed E-state index contributed by atoms with van der Waals surface area (Å²) in [6.45, 7) is 3.60. The van der Waals surface area contributed by atoms with Gasteiger partial charge in [-0.3, -0.25) is 18.6 Å². The van der Waals surface area contributed by atoms with Crippen LogP contribution in [0.1, 0.15) is 271 Å². The van der Waals surface area contributed by atoms with Crippen LogP contribution >= 0.6 is 7.82 Å². The van der Waals surface area contributed by atoms with Crippen LogP contribution in [0.25, 0.3) is 0 Å². The molecule has 1 amide bonds. The largest absolute Gasteiger partial charge is 0.472 e. The summed E-state index contributed by atoms with van der Waals surface area (Å²) in [6, 6.07) is 0. The number of rotatable bonds is 50. The van der Waals surface area contributed by atoms with Crippen LogP contribution in [0.15, 0.2) is 12.2 Å². The first-order valence-corrected chi connectivity index (χ1v) is 27.7. The van der Waals surface area contributed by atoms with Crippen molar-refractivity contribution in [2.24, 2.45) is 0 Å². The molecule has 0 aromatic rings. The fraction of sp³-hybridized carbons (Fsp3) is 0.922. The fourth-order valence-electron chi connectivity index (χ4n) is 7.73. The molecule has 0 rings (SSSR count). The quantitative estimate of drug-likeness (QED) is 0.0238. The molecule has 0 saturated carbocycles. The number of carbonyl (C=O) groups is 2. The number of aliphatic hydroxyl groups excluding tert-OH is 1. The molecule has 3 N–H and O–H groups in total. The van der Waals surface area contributed by atoms with E-state index >= 15 is 0 Å². The zero-order valence-corrected chi connectivity index (χ0v) is 41.0. The summed E-state index contributed by atoms with van der Waals surface area (Å²) in [5.74, 6) is -0.511. The van der Waals surface area contributed by atoms with Gasteiger partial charge < -0.3 is 20.1 Å². The number of phosphoric ester groups is 1. The topological polar surface area (TPSA) is 131 Å². The Bertz CT molecular complexity index is 1010. The van der Waals surface area contributed by atoms with Crippen molar-refractivity contribution in [2.75, 3.05) is 26.4 Å². The molecule has 10 heteroatoms. The van der Waals surface area contributed by atoms with Gasteiger partial charge in [-0.25, -0.2) is 4.57 Å². The number of amides is 1. The maximum absolute atomic E-state index is 12.1. The van der Waals surface area contributed by atoms with Crippen molar-refractivity contribution in [1.29, 1.82) is 0 Å². The number of hydrogen-bond acceptors (Lipinski definition) is 7. The molecule has 61 heavy (non-hydrogen) atoms. The molecular formula is C51H100NO8P. The van der Waals surface area contributed by atoms with Crippen molar-refractivity contribution in [3.63, 3.8) is 0 Å². The summed E-state index contributed by atoms with van der Waals surface area (Å²) in [5, 5.41) is 12.7. The van der Waals surface area contributed by atoms with Crippen molar-refractivity contribution >= 4 is 19.7 Å². The van der Waals surface area contributed by atoms with E-state index in [1.54, 1.807) is 0 Å². The Balaban J connectivity index is 3.51. The number of hydrogen-bond donors (Lipinski definition) is 3. The second kappa shape index (κ2) is 48.2. The summed E-state index contributed by atoms with van der Waals surface area (Å²) in [5.41, 5.74) is 0. The zero-order valence-electron chi connectivity index (χ0n) is 40.1. The minimum atomic E-state index is -4.42. The molecule has 2 atom stereocenters. The highest BCUT2D eigenvalue weighted by atomic mass is 31.2. The Morgan fingerprint density at radius 1 is 0.492 bits per heavy atom. The fourth-order valence-corrected chi connectivity index (χ4v) is 8.49. The Morgan fingerprint density at radius 3 is 1.23 bits per heavy atom. The van der Waals surface area contributed by atoms with E-state index in [0.29, 0.717) is 6.42 Å². The number of aliphatic hydroxyl groups is 1. The summed E-state index contributed by atoms with van der Waals surface area (Å²) in [4.78, 5) is 34.0. The predicted octanol–water partition coefficient (Wildman–Crippen LogP) is 15.3. The molecule has 0 bridgehead atoms. The average Bonchev–Trinajstić information content (AvgIpc) is 3.25. The van der Waals surface area contributed by atoms with E-state index < -0.39 is 26.5 Å². The van der Waals surface area contributed by atoms with Gasteiger partial charge in [-0.05, 0) is 38.5 Å². The van der Waals surface area contributed by atoms with Crippen LogP contribution in [-0.4, -0.2) is 54.3 Å². The number of nitrogens with one attached hydrogen (secondary N) is 1. The second-order valence-corrected chi connectivity index (χ2v) is 19.3. The van der Waals surface area contributed by atoms with E-state index in [2.05, 4.69) is 31.3 Å². The molecule has 0 aliphatic heterocycles. The lowest BCUT2D eigenvalue weighted by Gasteiger charge is -2.15. The first kappa shape index (κ1) is 59.8. The Labute approximate surface area is 377 Å². The van der Waals surface area contributed by atoms with Gasteiger partial charge >= 0.3 is 13.8 Å². The Morgan fingerprint density at radius 2 is 0.836 bits per heavy atom. The van der Waals surface area contributed by atoms with Gasteiger partial charge in [0.15, 0.2) is 0 Å². The molecule has 0 spiro atoms. The third-order valence-electron chi connectivity index (χ3n) is 11.7. The van der Waals surface area contributed by atoms with Crippen LogP contribution in [0, 0.1) is 0 Å². The smallest absolute Gasteiger partial charge is 0.463 e. The summed E-state index contributed by atoms with van der Waals surface area (Å²) < 4.78 is 27.0. The zero-order chi connectivity index (χ0) is 44.6. The van der Waals surface area contributed by atoms with Gasteiger partial charge in [-0.15, -0.1) is 0 Å². The van der Waals surface area contributed by atoms with E-state index in [0.717, 1.165) is 44.9 Å². The first-order chi connectivity index (χ1) is 29.8. The van der Waals surface area contributed by atoms with Crippen molar-refractivity contribution < 1.29 is 37.9 Å². The maximum atomic E-state index is 12.1. The monoisotopic (exact) mass is 886 g/mol. The van der Waals surface area contributed by atoms with E-state index in [1.807, 2.05) is 0 Å². The molecule has 0 aromatic carbocycles. The van der Waals surface area contributed by atoms with E-state index in [-0.39, 0.29) is 32.1 Å². The minimum Gasteiger partial charge on any atom is -0.463 e. The normalized spacial score (nSPS) is 13.2. The number of unbranched alkanes of at least 4 members (excludes halogenated alkanes) is 35. The number of allylic oxidation sites excluding steroid dienone is 2. The van der Waals surface area contributed by atoms with Gasteiger partial charge in [-0.1, -0.05) is 231 Å². The molecule has 2 unspecified atom stereocenters. The lowest BCUT2D eigenvalue weighted by Crippen LogP contribution is -2.27. The summed E-state index contributed by atoms with van der Waals surface area (Å²) in [7, 11) is -4.42. The summed E-state index contributed by atoms with van der Waals surface area (Å²) in [6.07, 6.45) is 53.0. The minimum absolute atomic E-state index is 0.0811. The number of ether oxygens (including phenoxy) is 1. The van der Waals surface area contributed by atoms with Crippen LogP contribution in [0.4, 0.5) is 0 Å². The van der Waals surface area contributed by atoms with Gasteiger partial charge in [-0.2, -0.15) is 0 Å². The molecule has 0 saturated heterocycles. The summed E-state index contributed by atoms with van der Waals surface area (Å²) >= 11 is 0. The van der Waals surface area contributed by atoms with E-state index in [9.17, 15) is 24.2 Å². The van der Waals surface area contributed by atoms with E-state index in [4.69, 9.17) is 13.8 Å². The average molecular weight is 886 g/mol. The number of phosphoric acid groups is 1. The van der Waals surface area contributed by atoms with Crippen LogP contribution in [-0.2, 0) is 27.9 Å². The highest BCUT2D eigenvalue weighted by molar-refractivity contribution is 7.47. The van der Waals surface area contributed by atoms with Crippen molar-refractivity contribution in [3.8, 4) is 0 Å². The number of carbonyl (C=O) groups excluding carboxylic acids is 2. The molecule has 0 aromatic heterocycles. The third kappa shape index (κ3) is 49.6. The maximum Gasteiger partial charge on any atom is 0.472 e. The van der Waals surface area contributed by atoms with Gasteiger partial charge in [0.05, 0.1) is 13.2 Å². The van der Waals surface area contributed by atoms with Gasteiger partial charge in [0, 0.05) is 19.4 Å². The predicted molar refractivity (Wildman–Crippen MR) is 257 cm³/mol. The Hall–Kier alpha value is -1.25. The molecule has 0 fully saturated rings. The lowest BCUT2D eigenvalue weighted by atomic mass is 10.0. The first-order valence-electron chi connectivity index (χ1n) is 26.2. The van der Waals surface area contributed by atoms with Crippen molar-refractivity contribution in [1.82, 2.24) is 5.32 Å². The van der Waals surface area contributed by atoms with Crippen LogP contribution < -0.4 is 5.32 Å².